The Morgan fingerprint density at radius 3 is 2.88 bits per heavy atom. The molecule has 0 amide bonds. The van der Waals surface area contributed by atoms with Gasteiger partial charge in [0, 0.05) is 24.5 Å². The fourth-order valence-corrected chi connectivity index (χ4v) is 5.58. The van der Waals surface area contributed by atoms with Gasteiger partial charge in [-0.2, -0.15) is 9.57 Å². The Morgan fingerprint density at radius 1 is 1.38 bits per heavy atom. The lowest BCUT2D eigenvalue weighted by Gasteiger charge is -2.53. The zero-order valence-electron chi connectivity index (χ0n) is 13.9. The molecule has 2 aliphatic heterocycles. The minimum absolute atomic E-state index is 0.0268. The topological polar surface area (TPSA) is 84.6 Å². The Labute approximate surface area is 143 Å². The highest BCUT2D eigenvalue weighted by molar-refractivity contribution is 7.89. The third kappa shape index (κ3) is 2.84. The summed E-state index contributed by atoms with van der Waals surface area (Å²) in [5.74, 6) is 0. The van der Waals surface area contributed by atoms with E-state index in [4.69, 9.17) is 5.26 Å². The number of aliphatic hydroxyl groups excluding tert-OH is 1. The average Bonchev–Trinajstić information content (AvgIpc) is 2.61. The van der Waals surface area contributed by atoms with Crippen molar-refractivity contribution in [2.45, 2.75) is 30.2 Å². The zero-order valence-corrected chi connectivity index (χ0v) is 14.7. The Hall–Kier alpha value is -1.46. The van der Waals surface area contributed by atoms with Crippen molar-refractivity contribution in [3.63, 3.8) is 0 Å². The lowest BCUT2D eigenvalue weighted by atomic mass is 9.69. The number of rotatable bonds is 3. The molecule has 2 saturated heterocycles. The summed E-state index contributed by atoms with van der Waals surface area (Å²) >= 11 is 0. The molecule has 2 aliphatic rings. The number of nitrogens with zero attached hydrogens (tertiary/aromatic N) is 3. The van der Waals surface area contributed by atoms with Crippen molar-refractivity contribution < 1.29 is 13.5 Å². The molecule has 3 rings (SSSR count). The quantitative estimate of drug-likeness (QED) is 0.881. The van der Waals surface area contributed by atoms with Crippen molar-refractivity contribution in [2.75, 3.05) is 33.3 Å². The van der Waals surface area contributed by atoms with Crippen molar-refractivity contribution in [1.82, 2.24) is 9.21 Å². The first-order valence-corrected chi connectivity index (χ1v) is 9.68. The van der Waals surface area contributed by atoms with Gasteiger partial charge in [-0.25, -0.2) is 8.42 Å². The highest BCUT2D eigenvalue weighted by Gasteiger charge is 2.48. The van der Waals surface area contributed by atoms with Gasteiger partial charge in [0.15, 0.2) is 0 Å². The number of likely N-dealkylation sites (N-methyl/N-ethyl adjacent to an activating group) is 1. The third-order valence-corrected chi connectivity index (χ3v) is 7.44. The number of benzene rings is 1. The molecule has 0 saturated carbocycles. The molecule has 2 fully saturated rings. The molecule has 1 aromatic rings. The summed E-state index contributed by atoms with van der Waals surface area (Å²) in [4.78, 5) is 2.34. The Kier molecular flexibility index (Phi) is 4.67. The number of nitriles is 1. The maximum Gasteiger partial charge on any atom is 0.243 e. The number of hydrogen-bond donors (Lipinski definition) is 1. The van der Waals surface area contributed by atoms with Crippen LogP contribution in [0.15, 0.2) is 29.2 Å². The van der Waals surface area contributed by atoms with E-state index in [1.165, 1.54) is 16.4 Å². The first-order valence-electron chi connectivity index (χ1n) is 8.24. The van der Waals surface area contributed by atoms with E-state index in [9.17, 15) is 13.5 Å². The van der Waals surface area contributed by atoms with E-state index in [0.29, 0.717) is 25.1 Å². The molecule has 130 valence electrons. The molecule has 7 heteroatoms. The Morgan fingerprint density at radius 2 is 2.17 bits per heavy atom. The largest absolute Gasteiger partial charge is 0.396 e. The van der Waals surface area contributed by atoms with Gasteiger partial charge in [-0.1, -0.05) is 6.07 Å². The van der Waals surface area contributed by atoms with Crippen molar-refractivity contribution in [3.8, 4) is 6.07 Å². The van der Waals surface area contributed by atoms with Gasteiger partial charge in [-0.3, -0.25) is 0 Å². The summed E-state index contributed by atoms with van der Waals surface area (Å²) in [5.41, 5.74) is 0.139. The molecule has 0 radical (unpaired) electrons. The van der Waals surface area contributed by atoms with Gasteiger partial charge in [0.05, 0.1) is 23.1 Å². The van der Waals surface area contributed by atoms with E-state index < -0.39 is 10.0 Å². The van der Waals surface area contributed by atoms with Crippen LogP contribution >= 0.6 is 0 Å². The summed E-state index contributed by atoms with van der Waals surface area (Å²) < 4.78 is 27.4. The first kappa shape index (κ1) is 17.4. The van der Waals surface area contributed by atoms with Crippen molar-refractivity contribution in [1.29, 1.82) is 5.26 Å². The smallest absolute Gasteiger partial charge is 0.243 e. The fourth-order valence-electron chi connectivity index (χ4n) is 4.08. The third-order valence-electron chi connectivity index (χ3n) is 5.58. The predicted molar refractivity (Wildman–Crippen MR) is 89.7 cm³/mol. The van der Waals surface area contributed by atoms with Crippen LogP contribution in [0.3, 0.4) is 0 Å². The van der Waals surface area contributed by atoms with Crippen molar-refractivity contribution >= 4 is 10.0 Å². The van der Waals surface area contributed by atoms with Crippen LogP contribution in [0.5, 0.6) is 0 Å². The van der Waals surface area contributed by atoms with Gasteiger partial charge >= 0.3 is 0 Å². The van der Waals surface area contributed by atoms with Gasteiger partial charge < -0.3 is 10.0 Å². The summed E-state index contributed by atoms with van der Waals surface area (Å²) in [5, 5.41) is 18.9. The van der Waals surface area contributed by atoms with E-state index in [2.05, 4.69) is 4.90 Å². The molecule has 1 N–H and O–H groups in total. The van der Waals surface area contributed by atoms with Crippen LogP contribution < -0.4 is 0 Å². The zero-order chi connectivity index (χ0) is 17.4. The van der Waals surface area contributed by atoms with Crippen molar-refractivity contribution in [3.05, 3.63) is 29.8 Å². The van der Waals surface area contributed by atoms with Crippen LogP contribution in [0.1, 0.15) is 24.8 Å². The van der Waals surface area contributed by atoms with E-state index >= 15 is 0 Å². The predicted octanol–water partition coefficient (Wildman–Crippen LogP) is 1.03. The van der Waals surface area contributed by atoms with Crippen LogP contribution in [0.25, 0.3) is 0 Å². The lowest BCUT2D eigenvalue weighted by Crippen LogP contribution is -2.62. The second kappa shape index (κ2) is 6.45. The van der Waals surface area contributed by atoms with E-state index in [-0.39, 0.29) is 23.0 Å². The Balaban J connectivity index is 1.89. The van der Waals surface area contributed by atoms with Crippen molar-refractivity contribution in [2.24, 2.45) is 5.41 Å². The minimum Gasteiger partial charge on any atom is -0.396 e. The van der Waals surface area contributed by atoms with Gasteiger partial charge in [-0.05, 0) is 51.1 Å². The molecule has 6 nitrogen and oxygen atoms in total. The molecule has 0 spiro atoms. The number of likely N-dealkylation sites (tertiary alicyclic amines) is 1. The molecular formula is C17H23N3O3S. The van der Waals surface area contributed by atoms with Crippen LogP contribution in [-0.2, 0) is 10.0 Å². The van der Waals surface area contributed by atoms with Gasteiger partial charge in [0.25, 0.3) is 0 Å². The van der Waals surface area contributed by atoms with Gasteiger partial charge in [-0.15, -0.1) is 0 Å². The SMILES string of the molecule is CN1CCC[C@]2(CO)CCN(S(=O)(=O)c3cccc(C#N)c3)C[C@@H]12. The average molecular weight is 349 g/mol. The summed E-state index contributed by atoms with van der Waals surface area (Å²) in [6, 6.07) is 8.17. The van der Waals surface area contributed by atoms with Crippen LogP contribution in [0, 0.1) is 16.7 Å². The highest BCUT2D eigenvalue weighted by Crippen LogP contribution is 2.42. The monoisotopic (exact) mass is 349 g/mol. The summed E-state index contributed by atoms with van der Waals surface area (Å²) in [7, 11) is -1.63. The molecular weight excluding hydrogens is 326 g/mol. The highest BCUT2D eigenvalue weighted by atomic mass is 32.2. The van der Waals surface area contributed by atoms with Crippen LogP contribution in [0.4, 0.5) is 0 Å². The summed E-state index contributed by atoms with van der Waals surface area (Å²) in [6.07, 6.45) is 2.64. The Bertz CT molecular complexity index is 759. The molecule has 24 heavy (non-hydrogen) atoms. The molecule has 0 bridgehead atoms. The van der Waals surface area contributed by atoms with Crippen LogP contribution in [-0.4, -0.2) is 62.1 Å². The van der Waals surface area contributed by atoms with Crippen LogP contribution in [0.2, 0.25) is 0 Å². The molecule has 1 aromatic carbocycles. The normalized spacial score (nSPS) is 29.0. The maximum absolute atomic E-state index is 13.0. The molecule has 0 aromatic heterocycles. The second-order valence-corrected chi connectivity index (χ2v) is 8.81. The molecule has 2 atom stereocenters. The number of fused-ring (bicyclic) bond motifs is 1. The van der Waals surface area contributed by atoms with E-state index in [1.807, 2.05) is 13.1 Å². The van der Waals surface area contributed by atoms with E-state index in [0.717, 1.165) is 19.4 Å². The first-order chi connectivity index (χ1) is 11.4. The number of piperidine rings is 2. The lowest BCUT2D eigenvalue weighted by molar-refractivity contribution is -0.0508. The van der Waals surface area contributed by atoms with E-state index in [1.54, 1.807) is 12.1 Å². The maximum atomic E-state index is 13.0. The summed E-state index contributed by atoms with van der Waals surface area (Å²) in [6.45, 7) is 1.81. The number of sulfonamides is 1. The molecule has 2 heterocycles. The van der Waals surface area contributed by atoms with Gasteiger partial charge in [0.1, 0.15) is 0 Å². The second-order valence-electron chi connectivity index (χ2n) is 6.87. The minimum atomic E-state index is -3.63. The molecule has 0 unspecified atom stereocenters. The van der Waals surface area contributed by atoms with Gasteiger partial charge in [0.2, 0.25) is 10.0 Å². The standard InChI is InChI=1S/C17H23N3O3S/c1-19-8-3-6-17(13-21)7-9-20(12-16(17)19)24(22,23)15-5-2-4-14(10-15)11-18/h2,4-5,10,16,21H,3,6-9,12-13H2,1H3/t16-,17-/m1/s1. The molecule has 0 aliphatic carbocycles. The fraction of sp³-hybridized carbons (Fsp3) is 0.588. The number of aliphatic hydroxyl groups is 1. The number of hydrogen-bond acceptors (Lipinski definition) is 5.